The molecule has 0 aliphatic carbocycles. The molecule has 0 saturated carbocycles. The molecule has 0 aliphatic heterocycles. The molecule has 0 heterocycles. The Hall–Kier alpha value is -0.580. The van der Waals surface area contributed by atoms with Crippen molar-refractivity contribution >= 4 is 15.9 Å². The topological polar surface area (TPSA) is 0 Å². The Bertz CT molecular complexity index is 281. The second-order valence-corrected chi connectivity index (χ2v) is 3.58. The van der Waals surface area contributed by atoms with Gasteiger partial charge in [0.25, 0.3) is 6.43 Å². The first-order valence-electron chi connectivity index (χ1n) is 3.36. The molecule has 0 N–H and O–H groups in total. The van der Waals surface area contributed by atoms with E-state index in [2.05, 4.69) is 15.9 Å². The largest absolute Gasteiger partial charge is 0.286 e. The third-order valence-electron chi connectivity index (χ3n) is 1.50. The van der Waals surface area contributed by atoms with Crippen LogP contribution in [0.15, 0.2) is 24.3 Å². The van der Waals surface area contributed by atoms with Crippen LogP contribution < -0.4 is 0 Å². The average Bonchev–Trinajstić information content (AvgIpc) is 2.04. The quantitative estimate of drug-likeness (QED) is 0.560. The van der Waals surface area contributed by atoms with E-state index < -0.39 is 16.8 Å². The normalized spacial score (nSPS) is 15.8. The third-order valence-corrected chi connectivity index (χ3v) is 2.31. The number of hydrogen-bond acceptors (Lipinski definition) is 0. The van der Waals surface area contributed by atoms with Gasteiger partial charge < -0.3 is 0 Å². The van der Waals surface area contributed by atoms with Crippen LogP contribution in [0.3, 0.4) is 0 Å². The lowest BCUT2D eigenvalue weighted by Crippen LogP contribution is -2.21. The first-order chi connectivity index (χ1) is 5.94. The van der Waals surface area contributed by atoms with Gasteiger partial charge in [0, 0.05) is 5.56 Å². The molecular weight excluding hydrogens is 252 g/mol. The van der Waals surface area contributed by atoms with Crippen LogP contribution in [-0.4, -0.2) is 6.43 Å². The van der Waals surface area contributed by atoms with E-state index in [1.165, 1.54) is 0 Å². The summed E-state index contributed by atoms with van der Waals surface area (Å²) in [5, 5.41) is 0. The number of hydrogen-bond donors (Lipinski definition) is 0. The van der Waals surface area contributed by atoms with E-state index in [4.69, 9.17) is 0 Å². The van der Waals surface area contributed by atoms with Crippen LogP contribution in [0.1, 0.15) is 5.56 Å². The van der Waals surface area contributed by atoms with Gasteiger partial charge in [-0.25, -0.2) is 17.6 Å². The van der Waals surface area contributed by atoms with Crippen molar-refractivity contribution in [3.05, 3.63) is 35.6 Å². The molecule has 0 aliphatic rings. The Morgan fingerprint density at radius 1 is 1.15 bits per heavy atom. The number of rotatable bonds is 2. The molecule has 1 unspecified atom stereocenters. The Labute approximate surface area is 80.7 Å². The minimum absolute atomic E-state index is 0.302. The fourth-order valence-electron chi connectivity index (χ4n) is 0.798. The zero-order chi connectivity index (χ0) is 10.1. The van der Waals surface area contributed by atoms with Crippen molar-refractivity contribution in [1.82, 2.24) is 0 Å². The van der Waals surface area contributed by atoms with Crippen LogP contribution in [0, 0.1) is 5.82 Å². The van der Waals surface area contributed by atoms with Crippen molar-refractivity contribution in [2.45, 2.75) is 11.0 Å². The summed E-state index contributed by atoms with van der Waals surface area (Å²) in [6.07, 6.45) is -3.20. The molecule has 1 atom stereocenters. The molecule has 1 aromatic carbocycles. The third kappa shape index (κ3) is 2.21. The minimum atomic E-state index is -3.20. The van der Waals surface area contributed by atoms with Gasteiger partial charge in [0.2, 0.25) is 4.58 Å². The first kappa shape index (κ1) is 10.5. The van der Waals surface area contributed by atoms with Crippen LogP contribution >= 0.6 is 15.9 Å². The van der Waals surface area contributed by atoms with Gasteiger partial charge in [-0.05, 0) is 28.1 Å². The summed E-state index contributed by atoms with van der Waals surface area (Å²) in [5.41, 5.74) is -0.302. The Morgan fingerprint density at radius 3 is 2.00 bits per heavy atom. The maximum absolute atomic E-state index is 13.1. The maximum atomic E-state index is 13.1. The molecule has 0 radical (unpaired) electrons. The van der Waals surface area contributed by atoms with E-state index in [1.54, 1.807) is 0 Å². The molecular formula is C8H5BrF4. The van der Waals surface area contributed by atoms with Crippen molar-refractivity contribution in [2.24, 2.45) is 0 Å². The highest BCUT2D eigenvalue weighted by Gasteiger charge is 2.39. The van der Waals surface area contributed by atoms with Gasteiger partial charge in [-0.2, -0.15) is 0 Å². The Morgan fingerprint density at radius 2 is 1.62 bits per heavy atom. The molecule has 0 bridgehead atoms. The second-order valence-electron chi connectivity index (χ2n) is 2.43. The van der Waals surface area contributed by atoms with E-state index in [0.29, 0.717) is 0 Å². The molecule has 1 rings (SSSR count). The van der Waals surface area contributed by atoms with Crippen LogP contribution in [0.25, 0.3) is 0 Å². The van der Waals surface area contributed by atoms with Gasteiger partial charge in [0.15, 0.2) is 0 Å². The molecule has 0 amide bonds. The summed E-state index contributed by atoms with van der Waals surface area (Å²) in [6.45, 7) is 0. The molecule has 13 heavy (non-hydrogen) atoms. The Kier molecular flexibility index (Phi) is 2.95. The number of alkyl halides is 4. The Balaban J connectivity index is 3.01. The molecule has 1 aromatic rings. The van der Waals surface area contributed by atoms with E-state index in [0.717, 1.165) is 24.3 Å². The number of benzene rings is 1. The van der Waals surface area contributed by atoms with E-state index >= 15 is 0 Å². The highest BCUT2D eigenvalue weighted by atomic mass is 79.9. The molecule has 0 fully saturated rings. The lowest BCUT2D eigenvalue weighted by Gasteiger charge is -2.17. The zero-order valence-corrected chi connectivity index (χ0v) is 7.86. The second kappa shape index (κ2) is 3.65. The summed E-state index contributed by atoms with van der Waals surface area (Å²) < 4.78 is 46.7. The minimum Gasteiger partial charge on any atom is -0.220 e. The van der Waals surface area contributed by atoms with E-state index in [9.17, 15) is 17.6 Å². The maximum Gasteiger partial charge on any atom is 0.286 e. The lowest BCUT2D eigenvalue weighted by molar-refractivity contribution is 0.0301. The summed E-state index contributed by atoms with van der Waals surface area (Å²) in [6, 6.07) is 3.78. The summed E-state index contributed by atoms with van der Waals surface area (Å²) in [5.74, 6) is -0.596. The highest BCUT2D eigenvalue weighted by Crippen LogP contribution is 2.38. The SMILES string of the molecule is Fc1ccc(C(F)(Br)C(F)F)cc1. The van der Waals surface area contributed by atoms with Gasteiger partial charge in [-0.3, -0.25) is 0 Å². The molecule has 0 spiro atoms. The predicted octanol–water partition coefficient (Wildman–Crippen LogP) is 3.61. The molecule has 0 nitrogen and oxygen atoms in total. The van der Waals surface area contributed by atoms with Gasteiger partial charge >= 0.3 is 0 Å². The zero-order valence-electron chi connectivity index (χ0n) is 6.28. The molecule has 0 aromatic heterocycles. The van der Waals surface area contributed by atoms with Gasteiger partial charge in [0.1, 0.15) is 5.82 Å². The molecule has 0 saturated heterocycles. The van der Waals surface area contributed by atoms with Crippen molar-refractivity contribution in [3.8, 4) is 0 Å². The molecule has 72 valence electrons. The van der Waals surface area contributed by atoms with Crippen LogP contribution in [0.4, 0.5) is 17.6 Å². The van der Waals surface area contributed by atoms with Crippen LogP contribution in [-0.2, 0) is 4.58 Å². The van der Waals surface area contributed by atoms with Crippen LogP contribution in [0.5, 0.6) is 0 Å². The first-order valence-corrected chi connectivity index (χ1v) is 4.16. The van der Waals surface area contributed by atoms with Gasteiger partial charge in [-0.1, -0.05) is 12.1 Å². The average molecular weight is 257 g/mol. The highest BCUT2D eigenvalue weighted by molar-refractivity contribution is 9.09. The van der Waals surface area contributed by atoms with E-state index in [-0.39, 0.29) is 5.56 Å². The summed E-state index contributed by atoms with van der Waals surface area (Å²) >= 11 is 2.24. The van der Waals surface area contributed by atoms with Gasteiger partial charge in [-0.15, -0.1) is 0 Å². The lowest BCUT2D eigenvalue weighted by atomic mass is 10.1. The molecule has 5 heteroatoms. The standard InChI is InChI=1S/C8H5BrF4/c9-8(13,7(11)12)5-1-3-6(10)4-2-5/h1-4,7H. The van der Waals surface area contributed by atoms with Crippen molar-refractivity contribution in [1.29, 1.82) is 0 Å². The fourth-order valence-corrected chi connectivity index (χ4v) is 1.06. The summed E-state index contributed by atoms with van der Waals surface area (Å²) in [4.78, 5) is 0. The fraction of sp³-hybridized carbons (Fsp3) is 0.250. The van der Waals surface area contributed by atoms with Crippen molar-refractivity contribution in [3.63, 3.8) is 0 Å². The van der Waals surface area contributed by atoms with Gasteiger partial charge in [0.05, 0.1) is 0 Å². The summed E-state index contributed by atoms with van der Waals surface area (Å²) in [7, 11) is 0. The smallest absolute Gasteiger partial charge is 0.220 e. The van der Waals surface area contributed by atoms with E-state index in [1.807, 2.05) is 0 Å². The van der Waals surface area contributed by atoms with Crippen molar-refractivity contribution < 1.29 is 17.6 Å². The monoisotopic (exact) mass is 256 g/mol. The number of halogens is 5. The predicted molar refractivity (Wildman–Crippen MR) is 44.1 cm³/mol. The van der Waals surface area contributed by atoms with Crippen LogP contribution in [0.2, 0.25) is 0 Å². The van der Waals surface area contributed by atoms with Crippen molar-refractivity contribution in [2.75, 3.05) is 0 Å².